The monoisotopic (exact) mass is 602 g/mol. The lowest BCUT2D eigenvalue weighted by Crippen LogP contribution is -2.59. The number of rotatable bonds is 6. The second-order valence-corrected chi connectivity index (χ2v) is 11.6. The van der Waals surface area contributed by atoms with Gasteiger partial charge in [-0.2, -0.15) is 4.98 Å². The Morgan fingerprint density at radius 2 is 1.88 bits per heavy atom. The first-order valence-electron chi connectivity index (χ1n) is 15.1. The molecule has 4 aromatic rings. The van der Waals surface area contributed by atoms with Gasteiger partial charge in [0.15, 0.2) is 11.5 Å². The van der Waals surface area contributed by atoms with Crippen LogP contribution < -0.4 is 10.6 Å². The number of piperazine rings is 1. The minimum atomic E-state index is -1.02. The van der Waals surface area contributed by atoms with Crippen LogP contribution in [0.3, 0.4) is 0 Å². The van der Waals surface area contributed by atoms with E-state index in [4.69, 9.17) is 19.3 Å². The van der Waals surface area contributed by atoms with Crippen molar-refractivity contribution in [3.63, 3.8) is 0 Å². The van der Waals surface area contributed by atoms with Gasteiger partial charge >= 0.3 is 5.69 Å². The van der Waals surface area contributed by atoms with Crippen LogP contribution in [0.15, 0.2) is 66.3 Å². The number of nitrogens with zero attached hydrogens (tertiary/aromatic N) is 6. The molecule has 10 heteroatoms. The molecule has 2 atom stereocenters. The summed E-state index contributed by atoms with van der Waals surface area (Å²) in [7, 11) is 0. The Kier molecular flexibility index (Phi) is 7.49. The Balaban J connectivity index is 1.84. The summed E-state index contributed by atoms with van der Waals surface area (Å²) in [5, 5.41) is 0.785. The number of carbonyl (C=O) groups is 1. The minimum Gasteiger partial charge on any atom is -0.347 e. The standard InChI is InChI=1S/C33H34ClFN6O2/c1-8-23-11-9-10-12-24(23)28-26(34)15-25-30(37-28)41(29-19(4)13-14-36-27(29)18(2)3)33(43)38-31(25)40-20(5)16-39(17-21(40)6)32(42)22(7)35/h8-15,18,20-21H,1,7,16-17H2,2-6H3/t20-,21-/m0/s1/i1D2. The lowest BCUT2D eigenvalue weighted by atomic mass is 10.0. The Bertz CT molecular complexity index is 1910. The Hall–Kier alpha value is -4.37. The normalized spacial score (nSPS) is 17.6. The predicted octanol–water partition coefficient (Wildman–Crippen LogP) is 6.48. The van der Waals surface area contributed by atoms with Crippen molar-refractivity contribution < 1.29 is 11.9 Å². The van der Waals surface area contributed by atoms with E-state index in [1.807, 2.05) is 51.7 Å². The van der Waals surface area contributed by atoms with E-state index >= 15 is 0 Å². The summed E-state index contributed by atoms with van der Waals surface area (Å²) in [4.78, 5) is 44.2. The molecule has 0 bridgehead atoms. The smallest absolute Gasteiger partial charge is 0.347 e. The lowest BCUT2D eigenvalue weighted by molar-refractivity contribution is -0.129. The Morgan fingerprint density at radius 3 is 2.53 bits per heavy atom. The van der Waals surface area contributed by atoms with Gasteiger partial charge in [-0.1, -0.05) is 68.9 Å². The third-order valence-corrected chi connectivity index (χ3v) is 8.07. The maximum atomic E-state index is 14.2. The first-order chi connectivity index (χ1) is 21.3. The molecule has 0 aliphatic carbocycles. The average Bonchev–Trinajstić information content (AvgIpc) is 2.96. The quantitative estimate of drug-likeness (QED) is 0.235. The van der Waals surface area contributed by atoms with Crippen molar-refractivity contribution in [1.29, 1.82) is 0 Å². The van der Waals surface area contributed by atoms with Crippen LogP contribution in [0.1, 0.15) is 53.2 Å². The van der Waals surface area contributed by atoms with Gasteiger partial charge in [0.05, 0.1) is 30.2 Å². The number of hydrogen-bond donors (Lipinski definition) is 0. The molecule has 1 aliphatic heterocycles. The number of amides is 1. The second kappa shape index (κ2) is 11.7. The van der Waals surface area contributed by atoms with Gasteiger partial charge in [-0.05, 0) is 49.9 Å². The van der Waals surface area contributed by atoms with E-state index in [0.29, 0.717) is 45.1 Å². The van der Waals surface area contributed by atoms with Crippen molar-refractivity contribution in [2.24, 2.45) is 0 Å². The molecule has 0 spiro atoms. The van der Waals surface area contributed by atoms with Crippen LogP contribution in [-0.2, 0) is 4.79 Å². The highest BCUT2D eigenvalue weighted by Crippen LogP contribution is 2.37. The van der Waals surface area contributed by atoms with Crippen molar-refractivity contribution in [2.45, 2.75) is 52.6 Å². The van der Waals surface area contributed by atoms with Crippen molar-refractivity contribution in [1.82, 2.24) is 24.4 Å². The van der Waals surface area contributed by atoms with Gasteiger partial charge in [-0.15, -0.1) is 0 Å². The molecule has 0 radical (unpaired) electrons. The van der Waals surface area contributed by atoms with Gasteiger partial charge in [-0.25, -0.2) is 18.7 Å². The number of anilines is 1. The number of hydrogen-bond acceptors (Lipinski definition) is 6. The molecule has 1 amide bonds. The summed E-state index contributed by atoms with van der Waals surface area (Å²) in [5.41, 5.74) is 3.34. The molecule has 222 valence electrons. The molecule has 0 unspecified atom stereocenters. The molecule has 4 heterocycles. The fourth-order valence-electron chi connectivity index (χ4n) is 5.89. The fourth-order valence-corrected chi connectivity index (χ4v) is 6.15. The summed E-state index contributed by atoms with van der Waals surface area (Å²) in [6.45, 7) is 12.8. The van der Waals surface area contributed by atoms with Gasteiger partial charge in [0, 0.05) is 36.9 Å². The molecule has 8 nitrogen and oxygen atoms in total. The lowest BCUT2D eigenvalue weighted by Gasteiger charge is -2.45. The van der Waals surface area contributed by atoms with Crippen LogP contribution in [0.2, 0.25) is 5.02 Å². The highest BCUT2D eigenvalue weighted by atomic mass is 35.5. The summed E-state index contributed by atoms with van der Waals surface area (Å²) in [5.74, 6) is -1.47. The van der Waals surface area contributed by atoms with E-state index in [-0.39, 0.29) is 42.6 Å². The highest BCUT2D eigenvalue weighted by Gasteiger charge is 2.35. The van der Waals surface area contributed by atoms with Crippen LogP contribution >= 0.6 is 11.6 Å². The zero-order chi connectivity index (χ0) is 32.7. The van der Waals surface area contributed by atoms with Gasteiger partial charge in [-0.3, -0.25) is 9.78 Å². The van der Waals surface area contributed by atoms with E-state index in [1.54, 1.807) is 30.5 Å². The number of aryl methyl sites for hydroxylation is 1. The van der Waals surface area contributed by atoms with E-state index in [1.165, 1.54) is 15.5 Å². The van der Waals surface area contributed by atoms with E-state index in [9.17, 15) is 14.0 Å². The largest absolute Gasteiger partial charge is 0.355 e. The summed E-state index contributed by atoms with van der Waals surface area (Å²) in [6, 6.07) is 10.0. The summed E-state index contributed by atoms with van der Waals surface area (Å²) < 4.78 is 30.7. The van der Waals surface area contributed by atoms with Gasteiger partial charge in [0.1, 0.15) is 5.82 Å². The van der Waals surface area contributed by atoms with Crippen LogP contribution in [0.4, 0.5) is 10.2 Å². The molecule has 0 N–H and O–H groups in total. The molecule has 1 fully saturated rings. The third kappa shape index (κ3) is 5.33. The number of halogens is 2. The number of carbonyl (C=O) groups excluding carboxylic acids is 1. The van der Waals surface area contributed by atoms with Crippen molar-refractivity contribution in [3.8, 4) is 16.9 Å². The summed E-state index contributed by atoms with van der Waals surface area (Å²) in [6.07, 6.45) is 3.11. The predicted molar refractivity (Wildman–Crippen MR) is 171 cm³/mol. The van der Waals surface area contributed by atoms with Gasteiger partial charge in [0.2, 0.25) is 0 Å². The van der Waals surface area contributed by atoms with Crippen molar-refractivity contribution in [3.05, 3.63) is 93.9 Å². The highest BCUT2D eigenvalue weighted by molar-refractivity contribution is 6.34. The van der Waals surface area contributed by atoms with Crippen LogP contribution in [0.25, 0.3) is 34.1 Å². The molecule has 43 heavy (non-hydrogen) atoms. The van der Waals surface area contributed by atoms with E-state index < -0.39 is 17.4 Å². The summed E-state index contributed by atoms with van der Waals surface area (Å²) >= 11 is 6.95. The van der Waals surface area contributed by atoms with E-state index in [2.05, 4.69) is 16.5 Å². The van der Waals surface area contributed by atoms with Crippen LogP contribution in [0, 0.1) is 6.92 Å². The Morgan fingerprint density at radius 1 is 1.19 bits per heavy atom. The van der Waals surface area contributed by atoms with Crippen LogP contribution in [0.5, 0.6) is 0 Å². The molecular weight excluding hydrogens is 567 g/mol. The van der Waals surface area contributed by atoms with Crippen LogP contribution in [-0.4, -0.2) is 55.5 Å². The van der Waals surface area contributed by atoms with E-state index in [0.717, 1.165) is 5.56 Å². The first kappa shape index (κ1) is 27.5. The number of fused-ring (bicyclic) bond motifs is 1. The fraction of sp³-hybridized carbons (Fsp3) is 0.303. The second-order valence-electron chi connectivity index (χ2n) is 11.2. The third-order valence-electron chi connectivity index (χ3n) is 7.78. The number of pyridine rings is 2. The van der Waals surface area contributed by atoms with Gasteiger partial charge in [0.25, 0.3) is 5.91 Å². The Labute approximate surface area is 258 Å². The minimum absolute atomic E-state index is 0.0254. The number of benzene rings is 1. The molecule has 0 saturated carbocycles. The zero-order valence-electron chi connectivity index (χ0n) is 26.7. The molecule has 3 aromatic heterocycles. The molecule has 5 rings (SSSR count). The topological polar surface area (TPSA) is 84.2 Å². The first-order valence-corrected chi connectivity index (χ1v) is 14.4. The zero-order valence-corrected chi connectivity index (χ0v) is 25.5. The van der Waals surface area contributed by atoms with Crippen molar-refractivity contribution >= 4 is 40.4 Å². The van der Waals surface area contributed by atoms with Crippen molar-refractivity contribution in [2.75, 3.05) is 18.0 Å². The molecule has 1 saturated heterocycles. The average molecular weight is 603 g/mol. The number of aromatic nitrogens is 4. The maximum absolute atomic E-state index is 14.2. The maximum Gasteiger partial charge on any atom is 0.355 e. The molecule has 1 aliphatic rings. The molecular formula is C33H34ClFN6O2. The van der Waals surface area contributed by atoms with Gasteiger partial charge < -0.3 is 9.80 Å². The molecule has 1 aromatic carbocycles. The SMILES string of the molecule is [2H]C([2H])=Cc1ccccc1-c1nc2c(cc1Cl)c(N1[C@@H](C)CN(C(=O)C(=C)F)C[C@@H]1C)nc(=O)n2-c1c(C)ccnc1C(C)C.